The van der Waals surface area contributed by atoms with Crippen molar-refractivity contribution in [2.75, 3.05) is 0 Å². The molecule has 0 spiro atoms. The monoisotopic (exact) mass is 196 g/mol. The SMILES string of the molecule is C1=CCC=C1.C=CC=Cc1ccccc1. The van der Waals surface area contributed by atoms with E-state index in [0.29, 0.717) is 0 Å². The van der Waals surface area contributed by atoms with Gasteiger partial charge in [-0.3, -0.25) is 0 Å². The molecule has 0 unspecified atom stereocenters. The molecule has 1 aromatic carbocycles. The summed E-state index contributed by atoms with van der Waals surface area (Å²) in [6, 6.07) is 10.1. The number of rotatable bonds is 2. The van der Waals surface area contributed by atoms with E-state index in [-0.39, 0.29) is 0 Å². The van der Waals surface area contributed by atoms with Gasteiger partial charge in [0.25, 0.3) is 0 Å². The number of hydrogen-bond acceptors (Lipinski definition) is 0. The van der Waals surface area contributed by atoms with Crippen LogP contribution in [-0.2, 0) is 0 Å². The largest absolute Gasteiger partial charge is 0.0991 e. The summed E-state index contributed by atoms with van der Waals surface area (Å²) in [5.74, 6) is 0. The Morgan fingerprint density at radius 1 is 1.00 bits per heavy atom. The van der Waals surface area contributed by atoms with Crippen LogP contribution in [0.25, 0.3) is 6.08 Å². The molecule has 1 aliphatic carbocycles. The molecular formula is C15H16. The Balaban J connectivity index is 0.000000187. The highest BCUT2D eigenvalue weighted by atomic mass is 13.8. The maximum absolute atomic E-state index is 3.59. The minimum absolute atomic E-state index is 1.14. The highest BCUT2D eigenvalue weighted by Crippen LogP contribution is 1.99. The summed E-state index contributed by atoms with van der Waals surface area (Å²) in [5, 5.41) is 0. The van der Waals surface area contributed by atoms with E-state index in [1.807, 2.05) is 30.4 Å². The first-order valence-corrected chi connectivity index (χ1v) is 5.09. The lowest BCUT2D eigenvalue weighted by molar-refractivity contribution is 1.45. The van der Waals surface area contributed by atoms with Crippen LogP contribution in [0.5, 0.6) is 0 Å². The van der Waals surface area contributed by atoms with Gasteiger partial charge >= 0.3 is 0 Å². The lowest BCUT2D eigenvalue weighted by Crippen LogP contribution is -1.65. The molecule has 0 amide bonds. The van der Waals surface area contributed by atoms with Gasteiger partial charge in [0.1, 0.15) is 0 Å². The van der Waals surface area contributed by atoms with Crippen molar-refractivity contribution in [3.63, 3.8) is 0 Å². The predicted octanol–water partition coefficient (Wildman–Crippen LogP) is 4.39. The summed E-state index contributed by atoms with van der Waals surface area (Å²) in [6.07, 6.45) is 15.2. The fourth-order valence-electron chi connectivity index (χ4n) is 1.14. The second kappa shape index (κ2) is 7.57. The first-order valence-electron chi connectivity index (χ1n) is 5.09. The minimum Gasteiger partial charge on any atom is -0.0991 e. The van der Waals surface area contributed by atoms with Gasteiger partial charge in [0.05, 0.1) is 0 Å². The van der Waals surface area contributed by atoms with E-state index in [0.717, 1.165) is 6.42 Å². The molecule has 0 heteroatoms. The van der Waals surface area contributed by atoms with Gasteiger partial charge in [0.2, 0.25) is 0 Å². The molecular weight excluding hydrogens is 180 g/mol. The summed E-state index contributed by atoms with van der Waals surface area (Å²) in [4.78, 5) is 0. The molecule has 0 aliphatic heterocycles. The first kappa shape index (κ1) is 11.3. The van der Waals surface area contributed by atoms with Crippen LogP contribution < -0.4 is 0 Å². The molecule has 76 valence electrons. The standard InChI is InChI=1S/C10H10.C5H6/c1-2-3-7-10-8-5-4-6-9-10;1-2-4-5-3-1/h2-9H,1H2;1-4H,5H2. The third kappa shape index (κ3) is 5.48. The zero-order chi connectivity index (χ0) is 10.8. The molecule has 1 aliphatic rings. The molecule has 0 N–H and O–H groups in total. The molecule has 0 fully saturated rings. The average molecular weight is 196 g/mol. The first-order chi connectivity index (χ1) is 7.43. The molecule has 2 rings (SSSR count). The second-order valence-corrected chi connectivity index (χ2v) is 3.10. The fraction of sp³-hybridized carbons (Fsp3) is 0.0667. The van der Waals surface area contributed by atoms with Crippen molar-refractivity contribution in [3.05, 3.63) is 78.9 Å². The smallest absolute Gasteiger partial charge is 0.0163 e. The second-order valence-electron chi connectivity index (χ2n) is 3.10. The molecule has 0 bridgehead atoms. The lowest BCUT2D eigenvalue weighted by atomic mass is 10.2. The van der Waals surface area contributed by atoms with Gasteiger partial charge in [0.15, 0.2) is 0 Å². The Hall–Kier alpha value is -1.82. The van der Waals surface area contributed by atoms with E-state index in [9.17, 15) is 0 Å². The van der Waals surface area contributed by atoms with Crippen LogP contribution in [-0.4, -0.2) is 0 Å². The average Bonchev–Trinajstić information content (AvgIpc) is 2.86. The van der Waals surface area contributed by atoms with E-state index in [1.54, 1.807) is 6.08 Å². The van der Waals surface area contributed by atoms with E-state index in [4.69, 9.17) is 0 Å². The van der Waals surface area contributed by atoms with Crippen molar-refractivity contribution in [1.82, 2.24) is 0 Å². The quantitative estimate of drug-likeness (QED) is 0.615. The van der Waals surface area contributed by atoms with Gasteiger partial charge in [-0.2, -0.15) is 0 Å². The molecule has 0 radical (unpaired) electrons. The Bertz CT molecular complexity index is 343. The minimum atomic E-state index is 1.14. The van der Waals surface area contributed by atoms with Gasteiger partial charge in [0, 0.05) is 0 Å². The molecule has 0 saturated heterocycles. The van der Waals surface area contributed by atoms with E-state index in [1.165, 1.54) is 5.56 Å². The third-order valence-corrected chi connectivity index (χ3v) is 1.88. The molecule has 0 saturated carbocycles. The third-order valence-electron chi connectivity index (χ3n) is 1.88. The van der Waals surface area contributed by atoms with Gasteiger partial charge in [-0.25, -0.2) is 0 Å². The molecule has 15 heavy (non-hydrogen) atoms. The van der Waals surface area contributed by atoms with Crippen LogP contribution in [0.4, 0.5) is 0 Å². The van der Waals surface area contributed by atoms with E-state index < -0.39 is 0 Å². The number of allylic oxidation sites excluding steroid dienone is 6. The molecule has 0 heterocycles. The highest BCUT2D eigenvalue weighted by molar-refractivity contribution is 5.50. The summed E-state index contributed by atoms with van der Waals surface area (Å²) in [6.45, 7) is 3.59. The fourth-order valence-corrected chi connectivity index (χ4v) is 1.14. The van der Waals surface area contributed by atoms with Gasteiger partial charge < -0.3 is 0 Å². The van der Waals surface area contributed by atoms with Gasteiger partial charge in [-0.05, 0) is 12.0 Å². The highest BCUT2D eigenvalue weighted by Gasteiger charge is 1.78. The van der Waals surface area contributed by atoms with Crippen LogP contribution in [0.3, 0.4) is 0 Å². The zero-order valence-corrected chi connectivity index (χ0v) is 8.84. The number of hydrogen-bond donors (Lipinski definition) is 0. The predicted molar refractivity (Wildman–Crippen MR) is 68.6 cm³/mol. The Kier molecular flexibility index (Phi) is 5.68. The van der Waals surface area contributed by atoms with Crippen molar-refractivity contribution in [2.45, 2.75) is 6.42 Å². The van der Waals surface area contributed by atoms with Crippen LogP contribution in [0.2, 0.25) is 0 Å². The molecule has 0 atom stereocenters. The Morgan fingerprint density at radius 2 is 1.67 bits per heavy atom. The normalized spacial score (nSPS) is 12.5. The van der Waals surface area contributed by atoms with Crippen LogP contribution >= 0.6 is 0 Å². The van der Waals surface area contributed by atoms with Gasteiger partial charge in [-0.1, -0.05) is 79.4 Å². The van der Waals surface area contributed by atoms with E-state index in [2.05, 4.69) is 43.0 Å². The van der Waals surface area contributed by atoms with Crippen molar-refractivity contribution in [2.24, 2.45) is 0 Å². The molecule has 0 nitrogen and oxygen atoms in total. The summed E-state index contributed by atoms with van der Waals surface area (Å²) in [7, 11) is 0. The topological polar surface area (TPSA) is 0 Å². The summed E-state index contributed by atoms with van der Waals surface area (Å²) >= 11 is 0. The van der Waals surface area contributed by atoms with Crippen molar-refractivity contribution >= 4 is 6.08 Å². The Morgan fingerprint density at radius 3 is 2.13 bits per heavy atom. The summed E-state index contributed by atoms with van der Waals surface area (Å²) in [5.41, 5.74) is 1.21. The zero-order valence-electron chi connectivity index (χ0n) is 8.84. The van der Waals surface area contributed by atoms with Crippen LogP contribution in [0.1, 0.15) is 12.0 Å². The summed E-state index contributed by atoms with van der Waals surface area (Å²) < 4.78 is 0. The lowest BCUT2D eigenvalue weighted by Gasteiger charge is -1.87. The van der Waals surface area contributed by atoms with Crippen LogP contribution in [0.15, 0.2) is 73.4 Å². The molecule has 0 aromatic heterocycles. The Labute approximate surface area is 92.0 Å². The van der Waals surface area contributed by atoms with Crippen LogP contribution in [0, 0.1) is 0 Å². The maximum atomic E-state index is 3.59. The maximum Gasteiger partial charge on any atom is -0.0163 e. The number of benzene rings is 1. The van der Waals surface area contributed by atoms with Crippen molar-refractivity contribution in [3.8, 4) is 0 Å². The molecule has 1 aromatic rings. The van der Waals surface area contributed by atoms with Crippen molar-refractivity contribution in [1.29, 1.82) is 0 Å². The van der Waals surface area contributed by atoms with Gasteiger partial charge in [-0.15, -0.1) is 0 Å². The van der Waals surface area contributed by atoms with Crippen molar-refractivity contribution < 1.29 is 0 Å². The van der Waals surface area contributed by atoms with E-state index >= 15 is 0 Å².